The quantitative estimate of drug-likeness (QED) is 0.849. The number of likely N-dealkylation sites (N-methyl/N-ethyl adjacent to an activating group) is 1. The molecule has 112 valence electrons. The second-order valence-electron chi connectivity index (χ2n) is 5.27. The predicted octanol–water partition coefficient (Wildman–Crippen LogP) is 2.81. The molecular formula is C17H23N3O. The van der Waals surface area contributed by atoms with Gasteiger partial charge in [-0.25, -0.2) is 4.98 Å². The summed E-state index contributed by atoms with van der Waals surface area (Å²) < 4.78 is 5.17. The summed E-state index contributed by atoms with van der Waals surface area (Å²) in [4.78, 5) is 6.63. The first-order valence-electron chi connectivity index (χ1n) is 7.14. The summed E-state index contributed by atoms with van der Waals surface area (Å²) in [6.07, 6.45) is 2.82. The average molecular weight is 285 g/mol. The van der Waals surface area contributed by atoms with Gasteiger partial charge in [-0.15, -0.1) is 0 Å². The van der Waals surface area contributed by atoms with Gasteiger partial charge >= 0.3 is 0 Å². The molecule has 2 aromatic rings. The fraction of sp³-hybridized carbons (Fsp3) is 0.353. The van der Waals surface area contributed by atoms with E-state index >= 15 is 0 Å². The van der Waals surface area contributed by atoms with Crippen LogP contribution in [0.3, 0.4) is 0 Å². The minimum Gasteiger partial charge on any atom is -0.497 e. The lowest BCUT2D eigenvalue weighted by molar-refractivity contribution is 0.413. The summed E-state index contributed by atoms with van der Waals surface area (Å²) in [5.41, 5.74) is 2.46. The maximum absolute atomic E-state index is 5.17. The van der Waals surface area contributed by atoms with Crippen molar-refractivity contribution in [1.29, 1.82) is 0 Å². The molecule has 0 aliphatic carbocycles. The molecule has 0 radical (unpaired) electrons. The van der Waals surface area contributed by atoms with Crippen molar-refractivity contribution < 1.29 is 4.74 Å². The highest BCUT2D eigenvalue weighted by Crippen LogP contribution is 2.15. The molecule has 21 heavy (non-hydrogen) atoms. The Morgan fingerprint density at radius 1 is 1.14 bits per heavy atom. The summed E-state index contributed by atoms with van der Waals surface area (Å²) in [5, 5.41) is 3.42. The number of hydrogen-bond donors (Lipinski definition) is 1. The third-order valence-electron chi connectivity index (χ3n) is 3.34. The molecule has 0 fully saturated rings. The van der Waals surface area contributed by atoms with Gasteiger partial charge in [-0.05, 0) is 49.8 Å². The number of ether oxygens (including phenoxy) is 1. The van der Waals surface area contributed by atoms with Crippen LogP contribution < -0.4 is 10.1 Å². The summed E-state index contributed by atoms with van der Waals surface area (Å²) in [7, 11) is 5.85. The van der Waals surface area contributed by atoms with Gasteiger partial charge in [0, 0.05) is 19.3 Å². The molecule has 0 spiro atoms. The number of nitrogens with zero attached hydrogens (tertiary/aromatic N) is 2. The van der Waals surface area contributed by atoms with E-state index in [0.717, 1.165) is 31.1 Å². The number of methoxy groups -OCH3 is 1. The van der Waals surface area contributed by atoms with Crippen molar-refractivity contribution in [2.75, 3.05) is 33.1 Å². The molecule has 0 saturated carbocycles. The predicted molar refractivity (Wildman–Crippen MR) is 86.8 cm³/mol. The normalized spacial score (nSPS) is 10.7. The fourth-order valence-corrected chi connectivity index (χ4v) is 2.07. The van der Waals surface area contributed by atoms with Crippen molar-refractivity contribution in [2.24, 2.45) is 0 Å². The molecule has 0 aliphatic rings. The average Bonchev–Trinajstić information content (AvgIpc) is 2.52. The number of pyridine rings is 1. The number of benzene rings is 1. The summed E-state index contributed by atoms with van der Waals surface area (Å²) in [6, 6.07) is 12.2. The zero-order valence-electron chi connectivity index (χ0n) is 13.0. The number of rotatable bonds is 7. The van der Waals surface area contributed by atoms with Crippen LogP contribution in [0.5, 0.6) is 5.75 Å². The molecule has 1 aromatic carbocycles. The number of nitrogens with one attached hydrogen (secondary N) is 1. The lowest BCUT2D eigenvalue weighted by Gasteiger charge is -2.13. The lowest BCUT2D eigenvalue weighted by Crippen LogP contribution is -2.16. The Hall–Kier alpha value is -2.07. The number of hydrogen-bond acceptors (Lipinski definition) is 4. The zero-order chi connectivity index (χ0) is 15.1. The molecular weight excluding hydrogens is 262 g/mol. The van der Waals surface area contributed by atoms with E-state index in [9.17, 15) is 0 Å². The Bertz CT molecular complexity index is 552. The minimum absolute atomic E-state index is 0.760. The molecule has 4 heteroatoms. The maximum atomic E-state index is 5.17. The Labute approximate surface area is 126 Å². The monoisotopic (exact) mass is 285 g/mol. The van der Waals surface area contributed by atoms with E-state index in [1.807, 2.05) is 24.4 Å². The van der Waals surface area contributed by atoms with Crippen molar-refractivity contribution in [3.8, 4) is 5.75 Å². The van der Waals surface area contributed by atoms with Crippen LogP contribution in [-0.2, 0) is 13.0 Å². The topological polar surface area (TPSA) is 37.4 Å². The maximum Gasteiger partial charge on any atom is 0.129 e. The highest BCUT2D eigenvalue weighted by Gasteiger charge is 2.04. The molecule has 1 heterocycles. The molecule has 0 saturated heterocycles. The van der Waals surface area contributed by atoms with E-state index in [0.29, 0.717) is 0 Å². The Morgan fingerprint density at radius 2 is 1.90 bits per heavy atom. The number of aromatic nitrogens is 1. The first-order valence-corrected chi connectivity index (χ1v) is 7.14. The fourth-order valence-electron chi connectivity index (χ4n) is 2.07. The molecule has 1 N–H and O–H groups in total. The van der Waals surface area contributed by atoms with Crippen molar-refractivity contribution in [3.63, 3.8) is 0 Å². The molecule has 4 nitrogen and oxygen atoms in total. The van der Waals surface area contributed by atoms with E-state index in [4.69, 9.17) is 4.74 Å². The Morgan fingerprint density at radius 3 is 2.57 bits per heavy atom. The molecule has 1 aromatic heterocycles. The van der Waals surface area contributed by atoms with Gasteiger partial charge in [0.2, 0.25) is 0 Å². The van der Waals surface area contributed by atoms with E-state index in [-0.39, 0.29) is 0 Å². The Balaban J connectivity index is 1.98. The highest BCUT2D eigenvalue weighted by atomic mass is 16.5. The van der Waals surface area contributed by atoms with Gasteiger partial charge in [0.15, 0.2) is 0 Å². The third-order valence-corrected chi connectivity index (χ3v) is 3.34. The van der Waals surface area contributed by atoms with Gasteiger partial charge in [0.25, 0.3) is 0 Å². The van der Waals surface area contributed by atoms with Crippen LogP contribution in [0.15, 0.2) is 42.6 Å². The van der Waals surface area contributed by atoms with Crippen LogP contribution in [0.4, 0.5) is 5.82 Å². The molecule has 0 atom stereocenters. The van der Waals surface area contributed by atoms with E-state index < -0.39 is 0 Å². The van der Waals surface area contributed by atoms with Crippen LogP contribution in [-0.4, -0.2) is 37.6 Å². The summed E-state index contributed by atoms with van der Waals surface area (Å²) in [5.74, 6) is 1.85. The van der Waals surface area contributed by atoms with E-state index in [2.05, 4.69) is 47.5 Å². The number of anilines is 1. The first-order chi connectivity index (χ1) is 10.2. The van der Waals surface area contributed by atoms with Crippen molar-refractivity contribution in [3.05, 3.63) is 53.7 Å². The lowest BCUT2D eigenvalue weighted by atomic mass is 10.1. The molecule has 0 aliphatic heterocycles. The molecule has 2 rings (SSSR count). The van der Waals surface area contributed by atoms with Crippen molar-refractivity contribution in [1.82, 2.24) is 9.88 Å². The minimum atomic E-state index is 0.760. The zero-order valence-corrected chi connectivity index (χ0v) is 13.0. The second-order valence-corrected chi connectivity index (χ2v) is 5.27. The van der Waals surface area contributed by atoms with Crippen molar-refractivity contribution >= 4 is 5.82 Å². The first kappa shape index (κ1) is 15.3. The van der Waals surface area contributed by atoms with Crippen LogP contribution in [0.2, 0.25) is 0 Å². The Kier molecular flexibility index (Phi) is 5.58. The van der Waals surface area contributed by atoms with Crippen LogP contribution in [0, 0.1) is 0 Å². The molecule has 0 bridgehead atoms. The highest BCUT2D eigenvalue weighted by molar-refractivity contribution is 5.44. The van der Waals surface area contributed by atoms with Gasteiger partial charge in [-0.2, -0.15) is 0 Å². The second kappa shape index (κ2) is 7.64. The van der Waals surface area contributed by atoms with Crippen LogP contribution in [0.1, 0.15) is 11.1 Å². The smallest absolute Gasteiger partial charge is 0.129 e. The van der Waals surface area contributed by atoms with E-state index in [1.165, 1.54) is 11.1 Å². The summed E-state index contributed by atoms with van der Waals surface area (Å²) in [6.45, 7) is 1.78. The van der Waals surface area contributed by atoms with Crippen LogP contribution >= 0.6 is 0 Å². The third kappa shape index (κ3) is 4.76. The van der Waals surface area contributed by atoms with Gasteiger partial charge in [0.05, 0.1) is 7.11 Å². The summed E-state index contributed by atoms with van der Waals surface area (Å²) >= 11 is 0. The standard InChI is InChI=1S/C17H23N3O/c1-20(2)12-10-15-5-4-11-18-17(15)19-13-14-6-8-16(21-3)9-7-14/h4-9,11H,10,12-13H2,1-3H3,(H,18,19). The van der Waals surface area contributed by atoms with Crippen molar-refractivity contribution in [2.45, 2.75) is 13.0 Å². The van der Waals surface area contributed by atoms with E-state index in [1.54, 1.807) is 7.11 Å². The SMILES string of the molecule is COc1ccc(CNc2ncccc2CCN(C)C)cc1. The van der Waals surface area contributed by atoms with Gasteiger partial charge in [-0.3, -0.25) is 0 Å². The van der Waals surface area contributed by atoms with Gasteiger partial charge in [0.1, 0.15) is 11.6 Å². The largest absolute Gasteiger partial charge is 0.497 e. The van der Waals surface area contributed by atoms with Gasteiger partial charge in [-0.1, -0.05) is 18.2 Å². The molecule has 0 unspecified atom stereocenters. The van der Waals surface area contributed by atoms with Crippen LogP contribution in [0.25, 0.3) is 0 Å². The molecule has 0 amide bonds. The van der Waals surface area contributed by atoms with Gasteiger partial charge < -0.3 is 15.0 Å².